The van der Waals surface area contributed by atoms with Crippen molar-refractivity contribution in [2.45, 2.75) is 45.4 Å². The molecule has 114 valence electrons. The Morgan fingerprint density at radius 3 is 2.33 bits per heavy atom. The van der Waals surface area contributed by atoms with E-state index in [4.69, 9.17) is 5.11 Å². The molecule has 0 atom stereocenters. The smallest absolute Gasteiger partial charge is 0.336 e. The summed E-state index contributed by atoms with van der Waals surface area (Å²) in [5.41, 5.74) is 1.23. The monoisotopic (exact) mass is 290 g/mol. The van der Waals surface area contributed by atoms with Crippen molar-refractivity contribution >= 4 is 17.5 Å². The van der Waals surface area contributed by atoms with Crippen LogP contribution in [0.3, 0.4) is 0 Å². The van der Waals surface area contributed by atoms with E-state index in [0.717, 1.165) is 30.9 Å². The zero-order valence-corrected chi connectivity index (χ0v) is 12.3. The van der Waals surface area contributed by atoms with Crippen LogP contribution < -0.4 is 0 Å². The minimum atomic E-state index is -1.25. The average molecular weight is 290 g/mol. The number of carbonyl (C=O) groups is 2. The highest BCUT2D eigenvalue weighted by Crippen LogP contribution is 2.22. The van der Waals surface area contributed by atoms with Gasteiger partial charge in [0.15, 0.2) is 0 Å². The summed E-state index contributed by atoms with van der Waals surface area (Å²) in [6, 6.07) is 7.12. The van der Waals surface area contributed by atoms with Crippen molar-refractivity contribution in [2.75, 3.05) is 0 Å². The number of unbranched alkanes of at least 4 members (excludes halogenated alkanes) is 4. The van der Waals surface area contributed by atoms with Crippen molar-refractivity contribution < 1.29 is 19.8 Å². The number of rotatable bonds is 9. The van der Waals surface area contributed by atoms with Crippen LogP contribution in [0.15, 0.2) is 30.3 Å². The first-order chi connectivity index (χ1) is 10.1. The summed E-state index contributed by atoms with van der Waals surface area (Å²) in [7, 11) is 0. The van der Waals surface area contributed by atoms with Gasteiger partial charge in [0.05, 0.1) is 5.57 Å². The van der Waals surface area contributed by atoms with Crippen molar-refractivity contribution in [2.24, 2.45) is 0 Å². The molecule has 4 nitrogen and oxygen atoms in total. The number of aliphatic carboxylic acids is 2. The van der Waals surface area contributed by atoms with Crippen LogP contribution in [0.1, 0.15) is 50.2 Å². The van der Waals surface area contributed by atoms with Gasteiger partial charge in [-0.15, -0.1) is 0 Å². The molecule has 0 saturated heterocycles. The molecular formula is C17H22O4. The van der Waals surface area contributed by atoms with Crippen LogP contribution in [0.5, 0.6) is 0 Å². The van der Waals surface area contributed by atoms with Crippen LogP contribution in [-0.2, 0) is 16.0 Å². The van der Waals surface area contributed by atoms with Crippen molar-refractivity contribution in [3.05, 3.63) is 41.5 Å². The normalized spacial score (nSPS) is 11.4. The minimum Gasteiger partial charge on any atom is -0.478 e. The standard InChI is InChI=1S/C17H22O4/c1-2-3-4-5-6-9-13-10-7-8-11-14(13)15(17(20)21)12-16(18)19/h7-8,10-12H,2-6,9H2,1H3,(H,18,19)(H,20,21)/b15-12-. The van der Waals surface area contributed by atoms with Crippen LogP contribution in [-0.4, -0.2) is 22.2 Å². The molecule has 0 unspecified atom stereocenters. The first kappa shape index (κ1) is 17.0. The van der Waals surface area contributed by atoms with Crippen molar-refractivity contribution in [3.8, 4) is 0 Å². The van der Waals surface area contributed by atoms with Gasteiger partial charge in [0.25, 0.3) is 0 Å². The molecular weight excluding hydrogens is 268 g/mol. The molecule has 2 N–H and O–H groups in total. The third kappa shape index (κ3) is 5.81. The third-order valence-electron chi connectivity index (χ3n) is 3.36. The molecule has 1 rings (SSSR count). The SMILES string of the molecule is CCCCCCCc1ccccc1/C(=C/C(=O)O)C(=O)O. The predicted molar refractivity (Wildman–Crippen MR) is 82.2 cm³/mol. The van der Waals surface area contributed by atoms with E-state index < -0.39 is 11.9 Å². The maximum atomic E-state index is 11.3. The molecule has 4 heteroatoms. The van der Waals surface area contributed by atoms with Gasteiger partial charge < -0.3 is 10.2 Å². The zero-order valence-electron chi connectivity index (χ0n) is 12.3. The van der Waals surface area contributed by atoms with Crippen LogP contribution in [0.25, 0.3) is 5.57 Å². The van der Waals surface area contributed by atoms with Gasteiger partial charge in [0.2, 0.25) is 0 Å². The lowest BCUT2D eigenvalue weighted by Crippen LogP contribution is -2.06. The zero-order chi connectivity index (χ0) is 15.7. The highest BCUT2D eigenvalue weighted by molar-refractivity contribution is 6.19. The lowest BCUT2D eigenvalue weighted by molar-refractivity contribution is -0.133. The summed E-state index contributed by atoms with van der Waals surface area (Å²) >= 11 is 0. The van der Waals surface area contributed by atoms with Gasteiger partial charge in [-0.2, -0.15) is 0 Å². The maximum absolute atomic E-state index is 11.3. The number of carboxylic acids is 2. The van der Waals surface area contributed by atoms with Gasteiger partial charge in [-0.25, -0.2) is 9.59 Å². The van der Waals surface area contributed by atoms with E-state index in [1.807, 2.05) is 12.1 Å². The first-order valence-corrected chi connectivity index (χ1v) is 7.32. The number of benzene rings is 1. The number of aryl methyl sites for hydroxylation is 1. The Hall–Kier alpha value is -2.10. The van der Waals surface area contributed by atoms with E-state index in [2.05, 4.69) is 6.92 Å². The van der Waals surface area contributed by atoms with Gasteiger partial charge in [-0.05, 0) is 24.0 Å². The molecule has 0 fully saturated rings. The van der Waals surface area contributed by atoms with Gasteiger partial charge in [0.1, 0.15) is 0 Å². The molecule has 1 aromatic carbocycles. The maximum Gasteiger partial charge on any atom is 0.336 e. The van der Waals surface area contributed by atoms with Crippen LogP contribution in [0.4, 0.5) is 0 Å². The molecule has 0 radical (unpaired) electrons. The average Bonchev–Trinajstić information content (AvgIpc) is 2.45. The molecule has 0 aliphatic heterocycles. The van der Waals surface area contributed by atoms with Gasteiger partial charge in [-0.1, -0.05) is 56.9 Å². The molecule has 0 saturated carbocycles. The molecule has 0 aromatic heterocycles. The van der Waals surface area contributed by atoms with Gasteiger partial charge >= 0.3 is 11.9 Å². The highest BCUT2D eigenvalue weighted by atomic mass is 16.4. The highest BCUT2D eigenvalue weighted by Gasteiger charge is 2.15. The molecule has 0 bridgehead atoms. The quantitative estimate of drug-likeness (QED) is 0.536. The molecule has 0 heterocycles. The lowest BCUT2D eigenvalue weighted by atomic mass is 9.95. The van der Waals surface area contributed by atoms with Crippen LogP contribution in [0, 0.1) is 0 Å². The summed E-state index contributed by atoms with van der Waals surface area (Å²) < 4.78 is 0. The second kappa shape index (κ2) is 8.95. The van der Waals surface area contributed by atoms with Crippen molar-refractivity contribution in [3.63, 3.8) is 0 Å². The van der Waals surface area contributed by atoms with E-state index >= 15 is 0 Å². The van der Waals surface area contributed by atoms with Crippen LogP contribution in [0.2, 0.25) is 0 Å². The third-order valence-corrected chi connectivity index (χ3v) is 3.36. The number of carboxylic acid groups (broad SMARTS) is 2. The van der Waals surface area contributed by atoms with E-state index in [1.165, 1.54) is 19.3 Å². The Bertz CT molecular complexity index is 517. The minimum absolute atomic E-state index is 0.161. The largest absolute Gasteiger partial charge is 0.478 e. The Morgan fingerprint density at radius 1 is 1.05 bits per heavy atom. The molecule has 0 aliphatic rings. The summed E-state index contributed by atoms with van der Waals surface area (Å²) in [4.78, 5) is 22.1. The second-order valence-electron chi connectivity index (χ2n) is 5.02. The summed E-state index contributed by atoms with van der Waals surface area (Å²) in [6.07, 6.45) is 7.18. The Kier molecular flexibility index (Phi) is 7.23. The Labute approximate surface area is 125 Å². The lowest BCUT2D eigenvalue weighted by Gasteiger charge is -2.10. The fourth-order valence-corrected chi connectivity index (χ4v) is 2.30. The predicted octanol–water partition coefficient (Wildman–Crippen LogP) is 3.75. The molecule has 1 aromatic rings. The fourth-order valence-electron chi connectivity index (χ4n) is 2.30. The van der Waals surface area contributed by atoms with Crippen molar-refractivity contribution in [1.82, 2.24) is 0 Å². The first-order valence-electron chi connectivity index (χ1n) is 7.32. The second-order valence-corrected chi connectivity index (χ2v) is 5.02. The Morgan fingerprint density at radius 2 is 1.71 bits per heavy atom. The van der Waals surface area contributed by atoms with E-state index in [-0.39, 0.29) is 5.57 Å². The Balaban J connectivity index is 2.87. The number of hydrogen-bond donors (Lipinski definition) is 2. The van der Waals surface area contributed by atoms with Gasteiger partial charge in [0, 0.05) is 6.08 Å². The molecule has 21 heavy (non-hydrogen) atoms. The van der Waals surface area contributed by atoms with E-state index in [0.29, 0.717) is 5.56 Å². The molecule has 0 amide bonds. The summed E-state index contributed by atoms with van der Waals surface area (Å²) in [6.45, 7) is 2.16. The van der Waals surface area contributed by atoms with Gasteiger partial charge in [-0.3, -0.25) is 0 Å². The van der Waals surface area contributed by atoms with Crippen LogP contribution >= 0.6 is 0 Å². The van der Waals surface area contributed by atoms with E-state index in [1.54, 1.807) is 12.1 Å². The summed E-state index contributed by atoms with van der Waals surface area (Å²) in [5, 5.41) is 18.0. The molecule has 0 spiro atoms. The van der Waals surface area contributed by atoms with Crippen molar-refractivity contribution in [1.29, 1.82) is 0 Å². The number of hydrogen-bond acceptors (Lipinski definition) is 2. The van der Waals surface area contributed by atoms with E-state index in [9.17, 15) is 14.7 Å². The molecule has 0 aliphatic carbocycles. The topological polar surface area (TPSA) is 74.6 Å². The summed E-state index contributed by atoms with van der Waals surface area (Å²) in [5.74, 6) is -2.46. The fraction of sp³-hybridized carbons (Fsp3) is 0.412.